The van der Waals surface area contributed by atoms with Crippen molar-refractivity contribution in [1.29, 1.82) is 0 Å². The fourth-order valence-electron chi connectivity index (χ4n) is 3.20. The number of halogens is 5. The van der Waals surface area contributed by atoms with Crippen molar-refractivity contribution in [1.82, 2.24) is 4.98 Å². The quantitative estimate of drug-likeness (QED) is 0.381. The lowest BCUT2D eigenvalue weighted by Gasteiger charge is -2.23. The molecular formula is C23H29F5N2O. The minimum atomic E-state index is -4.45. The van der Waals surface area contributed by atoms with Crippen molar-refractivity contribution in [3.63, 3.8) is 0 Å². The predicted molar refractivity (Wildman–Crippen MR) is 111 cm³/mol. The smallest absolute Gasteiger partial charge is 0.327 e. The number of benzene rings is 1. The number of nitrogens with two attached hydrogens (primary N) is 1. The van der Waals surface area contributed by atoms with Crippen molar-refractivity contribution >= 4 is 5.78 Å². The van der Waals surface area contributed by atoms with Crippen molar-refractivity contribution in [2.75, 3.05) is 0 Å². The molecule has 1 aromatic heterocycles. The van der Waals surface area contributed by atoms with Crippen LogP contribution in [-0.4, -0.2) is 16.8 Å². The summed E-state index contributed by atoms with van der Waals surface area (Å²) >= 11 is 0. The fraction of sp³-hybridized carbons (Fsp3) is 0.478. The molecule has 1 unspecified atom stereocenters. The second kappa shape index (κ2) is 12.5. The molecule has 0 aliphatic rings. The number of carbonyl (C=O) groups excluding carboxylic acids is 1. The minimum Gasteiger partial charge on any atom is -0.327 e. The summed E-state index contributed by atoms with van der Waals surface area (Å²) < 4.78 is 62.5. The van der Waals surface area contributed by atoms with E-state index >= 15 is 0 Å². The third-order valence-electron chi connectivity index (χ3n) is 4.85. The standard InChI is InChI=1S/C15H23F2N.C8H6F3NO/c1-3-5-11(6-4-2)15(18)10-12-9-13(16)7-8-14(12)17;1-5(13)6-2-3-7(12-4-6)8(9,10)11/h7-9,11,15H,3-6,10,18H2,1-2H3;2-4H,1H3. The summed E-state index contributed by atoms with van der Waals surface area (Å²) in [4.78, 5) is 13.8. The molecule has 2 aromatic rings. The van der Waals surface area contributed by atoms with E-state index in [0.717, 1.165) is 50.1 Å². The van der Waals surface area contributed by atoms with E-state index in [1.165, 1.54) is 19.1 Å². The molecule has 0 saturated carbocycles. The number of rotatable bonds is 8. The third kappa shape index (κ3) is 9.12. The van der Waals surface area contributed by atoms with E-state index in [2.05, 4.69) is 18.8 Å². The maximum absolute atomic E-state index is 13.5. The molecular weight excluding hydrogens is 415 g/mol. The minimum absolute atomic E-state index is 0.0961. The number of aromatic nitrogens is 1. The monoisotopic (exact) mass is 444 g/mol. The van der Waals surface area contributed by atoms with Crippen LogP contribution in [0.2, 0.25) is 0 Å². The largest absolute Gasteiger partial charge is 0.433 e. The Kier molecular flexibility index (Phi) is 10.8. The maximum atomic E-state index is 13.5. The molecule has 1 heterocycles. The number of pyridine rings is 1. The molecule has 0 radical (unpaired) electrons. The van der Waals surface area contributed by atoms with Crippen LogP contribution < -0.4 is 5.73 Å². The number of hydrogen-bond acceptors (Lipinski definition) is 3. The predicted octanol–water partition coefficient (Wildman–Crippen LogP) is 6.35. The number of hydrogen-bond donors (Lipinski definition) is 1. The Morgan fingerprint density at radius 3 is 2.13 bits per heavy atom. The fourth-order valence-corrected chi connectivity index (χ4v) is 3.20. The van der Waals surface area contributed by atoms with Gasteiger partial charge in [0, 0.05) is 17.8 Å². The Morgan fingerprint density at radius 1 is 1.06 bits per heavy atom. The Balaban J connectivity index is 0.000000327. The summed E-state index contributed by atoms with van der Waals surface area (Å²) in [7, 11) is 0. The van der Waals surface area contributed by atoms with Gasteiger partial charge in [0.25, 0.3) is 0 Å². The topological polar surface area (TPSA) is 56.0 Å². The first-order chi connectivity index (χ1) is 14.5. The van der Waals surface area contributed by atoms with Crippen LogP contribution in [0.3, 0.4) is 0 Å². The first-order valence-corrected chi connectivity index (χ1v) is 10.2. The van der Waals surface area contributed by atoms with Gasteiger partial charge in [-0.3, -0.25) is 9.78 Å². The van der Waals surface area contributed by atoms with Crippen LogP contribution in [0.1, 0.15) is 68.1 Å². The van der Waals surface area contributed by atoms with Gasteiger partial charge in [0.1, 0.15) is 17.3 Å². The van der Waals surface area contributed by atoms with Gasteiger partial charge in [-0.25, -0.2) is 8.78 Å². The van der Waals surface area contributed by atoms with Gasteiger partial charge in [-0.2, -0.15) is 13.2 Å². The molecule has 0 aliphatic heterocycles. The summed E-state index contributed by atoms with van der Waals surface area (Å²) in [5, 5.41) is 0. The lowest BCUT2D eigenvalue weighted by molar-refractivity contribution is -0.141. The number of Topliss-reactive ketones (excluding diaryl/α,β-unsaturated/α-hetero) is 1. The van der Waals surface area contributed by atoms with Crippen LogP contribution in [0.5, 0.6) is 0 Å². The molecule has 0 spiro atoms. The van der Waals surface area contributed by atoms with E-state index in [-0.39, 0.29) is 23.2 Å². The van der Waals surface area contributed by atoms with Gasteiger partial charge in [0.15, 0.2) is 5.78 Å². The molecule has 2 rings (SSSR count). The average Bonchev–Trinajstić information content (AvgIpc) is 2.70. The zero-order chi connectivity index (χ0) is 23.6. The number of alkyl halides is 3. The lowest BCUT2D eigenvalue weighted by Crippen LogP contribution is -2.32. The van der Waals surface area contributed by atoms with Gasteiger partial charge in [0.2, 0.25) is 0 Å². The normalized spacial score (nSPS) is 12.3. The Hall–Kier alpha value is -2.35. The Bertz CT molecular complexity index is 816. The molecule has 0 saturated heterocycles. The van der Waals surface area contributed by atoms with Gasteiger partial charge in [-0.15, -0.1) is 0 Å². The van der Waals surface area contributed by atoms with Crippen LogP contribution >= 0.6 is 0 Å². The highest BCUT2D eigenvalue weighted by Gasteiger charge is 2.32. The highest BCUT2D eigenvalue weighted by atomic mass is 19.4. The molecule has 172 valence electrons. The van der Waals surface area contributed by atoms with Gasteiger partial charge in [-0.1, -0.05) is 26.7 Å². The zero-order valence-electron chi connectivity index (χ0n) is 18.0. The third-order valence-corrected chi connectivity index (χ3v) is 4.85. The average molecular weight is 444 g/mol. The molecule has 3 nitrogen and oxygen atoms in total. The first-order valence-electron chi connectivity index (χ1n) is 10.2. The van der Waals surface area contributed by atoms with Crippen molar-refractivity contribution in [3.8, 4) is 0 Å². The SMILES string of the molecule is CC(=O)c1ccc(C(F)(F)F)nc1.CCCC(CCC)C(N)Cc1cc(F)ccc1F. The van der Waals surface area contributed by atoms with Gasteiger partial charge in [0.05, 0.1) is 0 Å². The van der Waals surface area contributed by atoms with Crippen LogP contribution in [0.15, 0.2) is 36.5 Å². The van der Waals surface area contributed by atoms with Gasteiger partial charge >= 0.3 is 6.18 Å². The molecule has 2 N–H and O–H groups in total. The van der Waals surface area contributed by atoms with E-state index in [9.17, 15) is 26.7 Å². The Labute approximate surface area is 179 Å². The second-order valence-electron chi connectivity index (χ2n) is 7.43. The molecule has 0 fully saturated rings. The van der Waals surface area contributed by atoms with E-state index in [0.29, 0.717) is 17.9 Å². The summed E-state index contributed by atoms with van der Waals surface area (Å²) in [5.41, 5.74) is 5.73. The molecule has 0 aliphatic carbocycles. The van der Waals surface area contributed by atoms with E-state index < -0.39 is 17.7 Å². The number of carbonyl (C=O) groups is 1. The van der Waals surface area contributed by atoms with Crippen LogP contribution in [-0.2, 0) is 12.6 Å². The Morgan fingerprint density at radius 2 is 1.68 bits per heavy atom. The summed E-state index contributed by atoms with van der Waals surface area (Å²) in [6, 6.07) is 5.37. The lowest BCUT2D eigenvalue weighted by atomic mass is 9.87. The summed E-state index contributed by atoms with van der Waals surface area (Å²) in [5.74, 6) is -0.677. The number of ketones is 1. The molecule has 0 bridgehead atoms. The molecule has 1 aromatic carbocycles. The van der Waals surface area contributed by atoms with Crippen LogP contribution in [0.4, 0.5) is 22.0 Å². The van der Waals surface area contributed by atoms with Gasteiger partial charge < -0.3 is 5.73 Å². The highest BCUT2D eigenvalue weighted by Crippen LogP contribution is 2.27. The number of nitrogens with zero attached hydrogens (tertiary/aromatic N) is 1. The molecule has 0 amide bonds. The van der Waals surface area contributed by atoms with E-state index in [4.69, 9.17) is 5.73 Å². The van der Waals surface area contributed by atoms with E-state index in [1.54, 1.807) is 0 Å². The summed E-state index contributed by atoms with van der Waals surface area (Å²) in [6.07, 6.45) is 1.13. The van der Waals surface area contributed by atoms with Gasteiger partial charge in [-0.05, 0) is 68.0 Å². The van der Waals surface area contributed by atoms with Crippen LogP contribution in [0, 0.1) is 17.6 Å². The van der Waals surface area contributed by atoms with E-state index in [1.807, 2.05) is 0 Å². The maximum Gasteiger partial charge on any atom is 0.433 e. The van der Waals surface area contributed by atoms with Crippen molar-refractivity contribution < 1.29 is 26.7 Å². The second-order valence-corrected chi connectivity index (χ2v) is 7.43. The van der Waals surface area contributed by atoms with Crippen molar-refractivity contribution in [2.24, 2.45) is 11.7 Å². The summed E-state index contributed by atoms with van der Waals surface area (Å²) in [6.45, 7) is 5.51. The first kappa shape index (κ1) is 26.7. The van der Waals surface area contributed by atoms with Crippen LogP contribution in [0.25, 0.3) is 0 Å². The van der Waals surface area contributed by atoms with Crippen molar-refractivity contribution in [2.45, 2.75) is 65.1 Å². The highest BCUT2D eigenvalue weighted by molar-refractivity contribution is 5.93. The molecule has 1 atom stereocenters. The molecule has 31 heavy (non-hydrogen) atoms. The van der Waals surface area contributed by atoms with Crippen molar-refractivity contribution in [3.05, 3.63) is 65.0 Å². The zero-order valence-corrected chi connectivity index (χ0v) is 18.0. The molecule has 8 heteroatoms.